The predicted octanol–water partition coefficient (Wildman–Crippen LogP) is 3.82. The molecule has 2 aliphatic rings. The highest BCUT2D eigenvalue weighted by molar-refractivity contribution is 6.30. The van der Waals surface area contributed by atoms with Gasteiger partial charge in [-0.15, -0.1) is 0 Å². The predicted molar refractivity (Wildman–Crippen MR) is 73.3 cm³/mol. The second-order valence-corrected chi connectivity index (χ2v) is 5.65. The lowest BCUT2D eigenvalue weighted by molar-refractivity contribution is 0.395. The molecule has 0 aliphatic heterocycles. The van der Waals surface area contributed by atoms with E-state index in [1.807, 2.05) is 12.2 Å². The van der Waals surface area contributed by atoms with Gasteiger partial charge in [0.15, 0.2) is 0 Å². The molecule has 3 nitrogen and oxygen atoms in total. The lowest BCUT2D eigenvalue weighted by Crippen LogP contribution is -1.96. The van der Waals surface area contributed by atoms with E-state index >= 15 is 0 Å². The van der Waals surface area contributed by atoms with E-state index in [9.17, 15) is 14.6 Å². The van der Waals surface area contributed by atoms with Crippen molar-refractivity contribution in [2.24, 2.45) is 0 Å². The largest absolute Gasteiger partial charge is 0.494 e. The van der Waals surface area contributed by atoms with Crippen LogP contribution in [0.2, 0.25) is 5.02 Å². The minimum Gasteiger partial charge on any atom is -0.494 e. The molecular formula is C15H11ClFNO2. The van der Waals surface area contributed by atoms with E-state index in [-0.39, 0.29) is 28.6 Å². The maximum absolute atomic E-state index is 13.2. The van der Waals surface area contributed by atoms with Gasteiger partial charge in [0.05, 0.1) is 10.7 Å². The molecule has 0 radical (unpaired) electrons. The molecule has 102 valence electrons. The van der Waals surface area contributed by atoms with Crippen molar-refractivity contribution in [3.05, 3.63) is 52.3 Å². The monoisotopic (exact) mass is 291 g/mol. The Hall–Kier alpha value is -1.94. The second kappa shape index (κ2) is 3.79. The smallest absolute Gasteiger partial charge is 0.202 e. The van der Waals surface area contributed by atoms with Gasteiger partial charge in [-0.3, -0.25) is 4.57 Å². The topological polar surface area (TPSA) is 45.4 Å². The Morgan fingerprint density at radius 3 is 2.25 bits per heavy atom. The van der Waals surface area contributed by atoms with E-state index in [0.717, 1.165) is 17.5 Å². The van der Waals surface area contributed by atoms with Crippen LogP contribution in [0, 0.1) is 5.82 Å². The number of rotatable bonds is 1. The number of aromatic nitrogens is 1. The highest BCUT2D eigenvalue weighted by Crippen LogP contribution is 2.57. The van der Waals surface area contributed by atoms with Crippen molar-refractivity contribution < 1.29 is 14.6 Å². The molecule has 1 aromatic heterocycles. The molecule has 0 unspecified atom stereocenters. The second-order valence-electron chi connectivity index (χ2n) is 5.24. The van der Waals surface area contributed by atoms with Crippen LogP contribution in [0.15, 0.2) is 30.4 Å². The van der Waals surface area contributed by atoms with Crippen LogP contribution in [0.4, 0.5) is 4.39 Å². The van der Waals surface area contributed by atoms with Gasteiger partial charge < -0.3 is 10.2 Å². The van der Waals surface area contributed by atoms with E-state index in [4.69, 9.17) is 11.6 Å². The van der Waals surface area contributed by atoms with Gasteiger partial charge >= 0.3 is 0 Å². The van der Waals surface area contributed by atoms with Crippen molar-refractivity contribution in [3.63, 3.8) is 0 Å². The highest BCUT2D eigenvalue weighted by Gasteiger charge is 2.41. The van der Waals surface area contributed by atoms with Crippen LogP contribution >= 0.6 is 11.6 Å². The number of hydrogen-bond acceptors (Lipinski definition) is 2. The molecule has 1 heterocycles. The van der Waals surface area contributed by atoms with Crippen LogP contribution in [-0.2, 0) is 0 Å². The first-order valence-electron chi connectivity index (χ1n) is 6.38. The van der Waals surface area contributed by atoms with Gasteiger partial charge in [0, 0.05) is 23.0 Å². The van der Waals surface area contributed by atoms with Crippen LogP contribution in [0.25, 0.3) is 5.69 Å². The summed E-state index contributed by atoms with van der Waals surface area (Å²) in [5.41, 5.74) is 1.99. The van der Waals surface area contributed by atoms with Gasteiger partial charge in [-0.25, -0.2) is 4.39 Å². The summed E-state index contributed by atoms with van der Waals surface area (Å²) in [5, 5.41) is 20.8. The zero-order chi connectivity index (χ0) is 14.0. The standard InChI is InChI=1S/C15H11ClFNO2/c16-10-6-9(3-4-11(10)17)18-14(19)12-7-1-2-8(5-7)13(12)15(18)20/h1-4,6-8,19-20H,5H2/t7-,8+. The molecule has 0 spiro atoms. The van der Waals surface area contributed by atoms with Crippen molar-refractivity contribution in [2.75, 3.05) is 0 Å². The molecular weight excluding hydrogens is 281 g/mol. The summed E-state index contributed by atoms with van der Waals surface area (Å²) in [5.74, 6) is -0.207. The van der Waals surface area contributed by atoms with E-state index in [0.29, 0.717) is 5.69 Å². The molecule has 0 amide bonds. The number of benzene rings is 1. The van der Waals surface area contributed by atoms with Gasteiger partial charge in [0.1, 0.15) is 5.82 Å². The number of halogens is 2. The Balaban J connectivity index is 1.94. The number of fused-ring (bicyclic) bond motifs is 5. The normalized spacial score (nSPS) is 22.5. The summed E-state index contributed by atoms with van der Waals surface area (Å²) in [4.78, 5) is 0. The Morgan fingerprint density at radius 1 is 1.10 bits per heavy atom. The molecule has 0 fully saturated rings. The first kappa shape index (κ1) is 11.9. The molecule has 0 saturated carbocycles. The van der Waals surface area contributed by atoms with Crippen molar-refractivity contribution in [1.82, 2.24) is 4.57 Å². The number of allylic oxidation sites excluding steroid dienone is 2. The van der Waals surface area contributed by atoms with E-state index in [1.54, 1.807) is 0 Å². The van der Waals surface area contributed by atoms with Crippen LogP contribution in [0.5, 0.6) is 11.8 Å². The third-order valence-electron chi connectivity index (χ3n) is 4.18. The number of aromatic hydroxyl groups is 2. The summed E-state index contributed by atoms with van der Waals surface area (Å²) in [7, 11) is 0. The molecule has 0 saturated heterocycles. The fourth-order valence-electron chi connectivity index (χ4n) is 3.31. The van der Waals surface area contributed by atoms with Gasteiger partial charge in [-0.05, 0) is 24.6 Å². The number of hydrogen-bond donors (Lipinski definition) is 2. The molecule has 5 heteroatoms. The first-order chi connectivity index (χ1) is 9.58. The van der Waals surface area contributed by atoms with Crippen molar-refractivity contribution in [1.29, 1.82) is 0 Å². The molecule has 4 rings (SSSR count). The van der Waals surface area contributed by atoms with Gasteiger partial charge in [-0.1, -0.05) is 23.8 Å². The Labute approximate surface area is 119 Å². The van der Waals surface area contributed by atoms with E-state index < -0.39 is 5.82 Å². The first-order valence-corrected chi connectivity index (χ1v) is 6.76. The van der Waals surface area contributed by atoms with Crippen molar-refractivity contribution in [2.45, 2.75) is 18.3 Å². The molecule has 2 atom stereocenters. The van der Waals surface area contributed by atoms with E-state index in [2.05, 4.69) is 0 Å². The molecule has 2 bridgehead atoms. The molecule has 20 heavy (non-hydrogen) atoms. The molecule has 2 aromatic rings. The van der Waals surface area contributed by atoms with Gasteiger partial charge in [0.25, 0.3) is 0 Å². The summed E-state index contributed by atoms with van der Waals surface area (Å²) in [6, 6.07) is 4.08. The third kappa shape index (κ3) is 1.34. The fourth-order valence-corrected chi connectivity index (χ4v) is 3.48. The van der Waals surface area contributed by atoms with Gasteiger partial charge in [0.2, 0.25) is 11.8 Å². The SMILES string of the molecule is Oc1c2c(c(O)n1-c1ccc(F)c(Cl)c1)[C@H]1C=C[C@@H]2C1. The maximum Gasteiger partial charge on any atom is 0.202 e. The van der Waals surface area contributed by atoms with Crippen molar-refractivity contribution >= 4 is 11.6 Å². The van der Waals surface area contributed by atoms with Crippen molar-refractivity contribution in [3.8, 4) is 17.4 Å². The average molecular weight is 292 g/mol. The highest BCUT2D eigenvalue weighted by atomic mass is 35.5. The zero-order valence-electron chi connectivity index (χ0n) is 10.3. The van der Waals surface area contributed by atoms with E-state index in [1.165, 1.54) is 22.8 Å². The fraction of sp³-hybridized carbons (Fsp3) is 0.200. The minimum atomic E-state index is -0.532. The number of nitrogens with zero attached hydrogens (tertiary/aromatic N) is 1. The van der Waals surface area contributed by atoms with Crippen LogP contribution in [0.3, 0.4) is 0 Å². The lowest BCUT2D eigenvalue weighted by atomic mass is 10.0. The van der Waals surface area contributed by atoms with Crippen LogP contribution < -0.4 is 0 Å². The molecule has 2 aliphatic carbocycles. The average Bonchev–Trinajstić information content (AvgIpc) is 3.08. The quantitative estimate of drug-likeness (QED) is 0.785. The van der Waals surface area contributed by atoms with Crippen LogP contribution in [-0.4, -0.2) is 14.8 Å². The Morgan fingerprint density at radius 2 is 1.70 bits per heavy atom. The molecule has 1 aromatic carbocycles. The minimum absolute atomic E-state index is 0.0111. The zero-order valence-corrected chi connectivity index (χ0v) is 11.1. The summed E-state index contributed by atoms with van der Waals surface area (Å²) in [6.07, 6.45) is 5.00. The summed E-state index contributed by atoms with van der Waals surface area (Å²) >= 11 is 5.77. The van der Waals surface area contributed by atoms with Gasteiger partial charge in [-0.2, -0.15) is 0 Å². The lowest BCUT2D eigenvalue weighted by Gasteiger charge is -2.10. The maximum atomic E-state index is 13.2. The van der Waals surface area contributed by atoms with Crippen LogP contribution in [0.1, 0.15) is 29.4 Å². The molecule has 2 N–H and O–H groups in total. The Kier molecular flexibility index (Phi) is 2.25. The summed E-state index contributed by atoms with van der Waals surface area (Å²) < 4.78 is 14.6. The summed E-state index contributed by atoms with van der Waals surface area (Å²) in [6.45, 7) is 0. The third-order valence-corrected chi connectivity index (χ3v) is 4.47. The Bertz CT molecular complexity index is 730.